The van der Waals surface area contributed by atoms with Crippen molar-refractivity contribution in [2.24, 2.45) is 5.92 Å². The summed E-state index contributed by atoms with van der Waals surface area (Å²) in [7, 11) is 1.73. The number of rotatable bonds is 19. The maximum absolute atomic E-state index is 11.2. The van der Waals surface area contributed by atoms with Crippen molar-refractivity contribution >= 4 is 17.6 Å². The summed E-state index contributed by atoms with van der Waals surface area (Å²) in [6.07, 6.45) is 7.41. The number of piperazine rings is 1. The van der Waals surface area contributed by atoms with E-state index in [2.05, 4.69) is 40.1 Å². The van der Waals surface area contributed by atoms with E-state index in [1.165, 1.54) is 11.3 Å². The molecule has 1 saturated heterocycles. The zero-order valence-corrected chi connectivity index (χ0v) is 26.5. The van der Waals surface area contributed by atoms with Crippen LogP contribution in [0.15, 0.2) is 72.8 Å². The van der Waals surface area contributed by atoms with E-state index < -0.39 is 11.9 Å². The third-order valence-electron chi connectivity index (χ3n) is 8.70. The van der Waals surface area contributed by atoms with E-state index in [1.54, 1.807) is 19.2 Å². The van der Waals surface area contributed by atoms with Gasteiger partial charge in [-0.1, -0.05) is 55.3 Å². The Hall–Kier alpha value is -4.04. The van der Waals surface area contributed by atoms with Gasteiger partial charge in [0.2, 0.25) is 0 Å². The molecular formula is C37H48N2O6. The Morgan fingerprint density at radius 2 is 1.51 bits per heavy atom. The number of unbranched alkanes of at least 4 members (excludes halogenated alkanes) is 2. The van der Waals surface area contributed by atoms with Crippen LogP contribution in [0.4, 0.5) is 5.69 Å². The van der Waals surface area contributed by atoms with Crippen LogP contribution in [-0.2, 0) is 17.6 Å². The highest BCUT2D eigenvalue weighted by molar-refractivity contribution is 5.87. The first-order valence-electron chi connectivity index (χ1n) is 16.3. The van der Waals surface area contributed by atoms with Gasteiger partial charge in [0.15, 0.2) is 0 Å². The van der Waals surface area contributed by atoms with Gasteiger partial charge in [0.25, 0.3) is 0 Å². The van der Waals surface area contributed by atoms with Crippen molar-refractivity contribution in [3.05, 3.63) is 89.5 Å². The summed E-state index contributed by atoms with van der Waals surface area (Å²) >= 11 is 0. The number of aliphatic carboxylic acids is 1. The molecule has 1 aliphatic heterocycles. The van der Waals surface area contributed by atoms with E-state index in [4.69, 9.17) is 14.6 Å². The maximum Gasteiger partial charge on any atom is 0.335 e. The number of methoxy groups -OCH3 is 1. The molecule has 2 N–H and O–H groups in total. The molecule has 1 atom stereocenters. The second-order valence-electron chi connectivity index (χ2n) is 11.9. The summed E-state index contributed by atoms with van der Waals surface area (Å²) in [6.45, 7) is 5.84. The standard InChI is InChI=1S/C37H48N2O6/c1-44-35-14-6-4-12-33(35)39-25-23-38(24-26-39)22-8-9-27-45-34-13-5-3-11-31(34)19-16-29(10-2-7-15-36(40)41)28-30-17-20-32(21-18-30)37(42)43/h3-6,11-14,17-18,20-21,29H,2,7-10,15-16,19,22-28H2,1H3,(H,40,41)(H,42,43). The molecule has 1 fully saturated rings. The average Bonchev–Trinajstić information content (AvgIpc) is 3.06. The van der Waals surface area contributed by atoms with Crippen molar-refractivity contribution in [3.8, 4) is 11.5 Å². The topological polar surface area (TPSA) is 99.5 Å². The molecule has 0 amide bonds. The van der Waals surface area contributed by atoms with Crippen molar-refractivity contribution < 1.29 is 29.3 Å². The lowest BCUT2D eigenvalue weighted by Gasteiger charge is -2.36. The second-order valence-corrected chi connectivity index (χ2v) is 11.9. The number of hydrogen-bond acceptors (Lipinski definition) is 6. The molecule has 0 spiro atoms. The molecule has 4 rings (SSSR count). The Kier molecular flexibility index (Phi) is 13.6. The molecule has 1 aliphatic rings. The van der Waals surface area contributed by atoms with Crippen LogP contribution >= 0.6 is 0 Å². The van der Waals surface area contributed by atoms with Gasteiger partial charge < -0.3 is 24.6 Å². The van der Waals surface area contributed by atoms with E-state index >= 15 is 0 Å². The Morgan fingerprint density at radius 1 is 0.800 bits per heavy atom. The lowest BCUT2D eigenvalue weighted by atomic mass is 9.88. The number of anilines is 1. The molecule has 1 unspecified atom stereocenters. The number of para-hydroxylation sites is 3. The molecule has 45 heavy (non-hydrogen) atoms. The largest absolute Gasteiger partial charge is 0.495 e. The van der Waals surface area contributed by atoms with Crippen LogP contribution in [0.5, 0.6) is 11.5 Å². The van der Waals surface area contributed by atoms with Crippen LogP contribution in [0.25, 0.3) is 0 Å². The van der Waals surface area contributed by atoms with Gasteiger partial charge in [0.1, 0.15) is 11.5 Å². The minimum absolute atomic E-state index is 0.190. The first kappa shape index (κ1) is 33.8. The van der Waals surface area contributed by atoms with Crippen LogP contribution in [-0.4, -0.2) is 73.5 Å². The first-order chi connectivity index (χ1) is 21.9. The Labute approximate surface area is 267 Å². The molecule has 242 valence electrons. The molecule has 8 nitrogen and oxygen atoms in total. The highest BCUT2D eigenvalue weighted by atomic mass is 16.5. The van der Waals surface area contributed by atoms with Gasteiger partial charge in [-0.3, -0.25) is 9.69 Å². The van der Waals surface area contributed by atoms with Crippen molar-refractivity contribution in [3.63, 3.8) is 0 Å². The molecule has 3 aromatic carbocycles. The second kappa shape index (κ2) is 18.1. The molecule has 3 aromatic rings. The van der Waals surface area contributed by atoms with Crippen LogP contribution in [0, 0.1) is 5.92 Å². The van der Waals surface area contributed by atoms with Crippen LogP contribution < -0.4 is 14.4 Å². The lowest BCUT2D eigenvalue weighted by molar-refractivity contribution is -0.137. The van der Waals surface area contributed by atoms with Crippen molar-refractivity contribution in [1.82, 2.24) is 4.90 Å². The fourth-order valence-corrected chi connectivity index (χ4v) is 6.11. The minimum Gasteiger partial charge on any atom is -0.495 e. The quantitative estimate of drug-likeness (QED) is 0.142. The summed E-state index contributed by atoms with van der Waals surface area (Å²) in [6, 6.07) is 23.6. The fourth-order valence-electron chi connectivity index (χ4n) is 6.11. The fraction of sp³-hybridized carbons (Fsp3) is 0.459. The summed E-state index contributed by atoms with van der Waals surface area (Å²) in [5.41, 5.74) is 3.76. The number of carboxylic acid groups (broad SMARTS) is 2. The molecule has 0 radical (unpaired) electrons. The Bertz CT molecular complexity index is 1340. The molecule has 0 aliphatic carbocycles. The molecule has 0 bridgehead atoms. The Morgan fingerprint density at radius 3 is 2.22 bits per heavy atom. The molecule has 0 saturated carbocycles. The Balaban J connectivity index is 1.21. The first-order valence-corrected chi connectivity index (χ1v) is 16.3. The number of ether oxygens (including phenoxy) is 2. The average molecular weight is 617 g/mol. The van der Waals surface area contributed by atoms with E-state index in [1.807, 2.05) is 30.3 Å². The van der Waals surface area contributed by atoms with Gasteiger partial charge in [-0.2, -0.15) is 0 Å². The zero-order valence-electron chi connectivity index (χ0n) is 26.5. The summed E-state index contributed by atoms with van der Waals surface area (Å²) in [5, 5.41) is 18.3. The number of nitrogens with zero attached hydrogens (tertiary/aromatic N) is 2. The summed E-state index contributed by atoms with van der Waals surface area (Å²) < 4.78 is 11.8. The monoisotopic (exact) mass is 616 g/mol. The van der Waals surface area contributed by atoms with E-state index in [0.717, 1.165) is 94.7 Å². The SMILES string of the molecule is COc1ccccc1N1CCN(CCCCOc2ccccc2CCC(CCCCC(=O)O)Cc2ccc(C(=O)O)cc2)CC1. The number of aryl methyl sites for hydroxylation is 1. The lowest BCUT2D eigenvalue weighted by Crippen LogP contribution is -2.46. The predicted octanol–water partition coefficient (Wildman–Crippen LogP) is 6.81. The van der Waals surface area contributed by atoms with Crippen LogP contribution in [0.3, 0.4) is 0 Å². The smallest absolute Gasteiger partial charge is 0.335 e. The van der Waals surface area contributed by atoms with Crippen molar-refractivity contribution in [2.75, 3.05) is 51.3 Å². The molecule has 0 aromatic heterocycles. The number of hydrogen-bond donors (Lipinski definition) is 2. The van der Waals surface area contributed by atoms with E-state index in [0.29, 0.717) is 18.9 Å². The maximum atomic E-state index is 11.2. The van der Waals surface area contributed by atoms with E-state index in [9.17, 15) is 14.7 Å². The number of carboxylic acids is 2. The predicted molar refractivity (Wildman–Crippen MR) is 178 cm³/mol. The zero-order chi connectivity index (χ0) is 31.9. The van der Waals surface area contributed by atoms with Gasteiger partial charge in [0, 0.05) is 32.6 Å². The van der Waals surface area contributed by atoms with Gasteiger partial charge in [-0.05, 0) is 92.4 Å². The van der Waals surface area contributed by atoms with Gasteiger partial charge >= 0.3 is 11.9 Å². The third-order valence-corrected chi connectivity index (χ3v) is 8.70. The van der Waals surface area contributed by atoms with Gasteiger partial charge in [-0.15, -0.1) is 0 Å². The van der Waals surface area contributed by atoms with Crippen molar-refractivity contribution in [2.45, 2.75) is 57.8 Å². The number of carbonyl (C=O) groups is 2. The summed E-state index contributed by atoms with van der Waals surface area (Å²) in [5.74, 6) is 0.561. The van der Waals surface area contributed by atoms with Crippen LogP contribution in [0.1, 0.15) is 66.4 Å². The molecular weight excluding hydrogens is 568 g/mol. The minimum atomic E-state index is -0.925. The van der Waals surface area contributed by atoms with E-state index in [-0.39, 0.29) is 12.0 Å². The number of benzene rings is 3. The highest BCUT2D eigenvalue weighted by Gasteiger charge is 2.19. The number of aromatic carboxylic acids is 1. The highest BCUT2D eigenvalue weighted by Crippen LogP contribution is 2.29. The van der Waals surface area contributed by atoms with Gasteiger partial charge in [-0.25, -0.2) is 4.79 Å². The van der Waals surface area contributed by atoms with Gasteiger partial charge in [0.05, 0.1) is 25.0 Å². The molecule has 1 heterocycles. The van der Waals surface area contributed by atoms with Crippen LogP contribution in [0.2, 0.25) is 0 Å². The molecule has 8 heteroatoms. The normalized spacial score (nSPS) is 14.2. The summed E-state index contributed by atoms with van der Waals surface area (Å²) in [4.78, 5) is 27.2. The van der Waals surface area contributed by atoms with Crippen molar-refractivity contribution in [1.29, 1.82) is 0 Å². The third kappa shape index (κ3) is 11.1.